The molecule has 0 aliphatic carbocycles. The van der Waals surface area contributed by atoms with E-state index in [1.807, 2.05) is 13.8 Å². The molecule has 0 N–H and O–H groups in total. The molecular formula is C13H15F3N4O. The van der Waals surface area contributed by atoms with Crippen LogP contribution >= 0.6 is 0 Å². The summed E-state index contributed by atoms with van der Waals surface area (Å²) < 4.78 is 45.1. The van der Waals surface area contributed by atoms with Gasteiger partial charge in [-0.05, 0) is 12.8 Å². The van der Waals surface area contributed by atoms with Crippen LogP contribution in [0.1, 0.15) is 61.8 Å². The molecule has 0 saturated heterocycles. The van der Waals surface area contributed by atoms with Crippen molar-refractivity contribution in [1.82, 2.24) is 19.7 Å². The molecule has 5 nitrogen and oxygen atoms in total. The second-order valence-electron chi connectivity index (χ2n) is 5.52. The minimum absolute atomic E-state index is 0.108. The van der Waals surface area contributed by atoms with Crippen LogP contribution in [-0.4, -0.2) is 19.7 Å². The first kappa shape index (κ1) is 14.1. The quantitative estimate of drug-likeness (QED) is 0.853. The Bertz CT molecular complexity index is 644. The summed E-state index contributed by atoms with van der Waals surface area (Å²) in [5, 5.41) is 3.87. The average Bonchev–Trinajstić information content (AvgIpc) is 3.04. The third kappa shape index (κ3) is 2.54. The number of rotatable bonds is 2. The Morgan fingerprint density at radius 3 is 2.71 bits per heavy atom. The number of alkyl halides is 3. The first-order valence-electron chi connectivity index (χ1n) is 6.84. The molecule has 0 radical (unpaired) electrons. The second-order valence-corrected chi connectivity index (χ2v) is 5.52. The lowest BCUT2D eigenvalue weighted by molar-refractivity contribution is -0.141. The van der Waals surface area contributed by atoms with Crippen LogP contribution in [0.5, 0.6) is 0 Å². The van der Waals surface area contributed by atoms with Crippen molar-refractivity contribution in [2.75, 3.05) is 0 Å². The summed E-state index contributed by atoms with van der Waals surface area (Å²) in [5.41, 5.74) is -0.868. The van der Waals surface area contributed by atoms with E-state index >= 15 is 0 Å². The maximum absolute atomic E-state index is 12.8. The fourth-order valence-corrected chi connectivity index (χ4v) is 2.48. The summed E-state index contributed by atoms with van der Waals surface area (Å²) in [6.45, 7) is 4.39. The van der Waals surface area contributed by atoms with Gasteiger partial charge in [-0.1, -0.05) is 19.0 Å². The molecule has 1 aliphatic rings. The highest BCUT2D eigenvalue weighted by Crippen LogP contribution is 2.36. The summed E-state index contributed by atoms with van der Waals surface area (Å²) in [7, 11) is 0. The fourth-order valence-electron chi connectivity index (χ4n) is 2.48. The van der Waals surface area contributed by atoms with Crippen LogP contribution in [0.4, 0.5) is 13.2 Å². The van der Waals surface area contributed by atoms with Gasteiger partial charge < -0.3 is 9.09 Å². The SMILES string of the molecule is CC(C)c1noc(C2CCCn3cc(C(F)(F)F)nc32)n1. The van der Waals surface area contributed by atoms with E-state index in [0.29, 0.717) is 30.5 Å². The van der Waals surface area contributed by atoms with Crippen molar-refractivity contribution in [2.24, 2.45) is 0 Å². The molecule has 114 valence electrons. The Hall–Kier alpha value is -1.86. The van der Waals surface area contributed by atoms with E-state index in [-0.39, 0.29) is 11.8 Å². The maximum Gasteiger partial charge on any atom is 0.434 e. The lowest BCUT2D eigenvalue weighted by Gasteiger charge is -2.20. The first-order valence-corrected chi connectivity index (χ1v) is 6.84. The highest BCUT2D eigenvalue weighted by molar-refractivity contribution is 5.18. The maximum atomic E-state index is 12.8. The summed E-state index contributed by atoms with van der Waals surface area (Å²) >= 11 is 0. The number of aromatic nitrogens is 4. The van der Waals surface area contributed by atoms with Gasteiger partial charge in [0.15, 0.2) is 11.5 Å². The normalized spacial score (nSPS) is 19.0. The zero-order chi connectivity index (χ0) is 15.2. The van der Waals surface area contributed by atoms with E-state index in [2.05, 4.69) is 15.1 Å². The van der Waals surface area contributed by atoms with Gasteiger partial charge in [-0.15, -0.1) is 0 Å². The monoisotopic (exact) mass is 300 g/mol. The van der Waals surface area contributed by atoms with Gasteiger partial charge in [-0.3, -0.25) is 0 Å². The molecule has 0 fully saturated rings. The van der Waals surface area contributed by atoms with Gasteiger partial charge in [0.1, 0.15) is 5.82 Å². The summed E-state index contributed by atoms with van der Waals surface area (Å²) in [6.07, 6.45) is -1.97. The Kier molecular flexibility index (Phi) is 3.26. The van der Waals surface area contributed by atoms with Crippen LogP contribution in [-0.2, 0) is 12.7 Å². The van der Waals surface area contributed by atoms with Crippen LogP contribution in [0.3, 0.4) is 0 Å². The number of halogens is 3. The molecule has 1 aliphatic heterocycles. The van der Waals surface area contributed by atoms with E-state index < -0.39 is 11.9 Å². The Balaban J connectivity index is 1.97. The van der Waals surface area contributed by atoms with Crippen molar-refractivity contribution in [3.63, 3.8) is 0 Å². The molecule has 0 amide bonds. The van der Waals surface area contributed by atoms with Crippen molar-refractivity contribution < 1.29 is 17.7 Å². The van der Waals surface area contributed by atoms with Crippen molar-refractivity contribution in [3.8, 4) is 0 Å². The minimum atomic E-state index is -4.44. The Morgan fingerprint density at radius 1 is 1.33 bits per heavy atom. The van der Waals surface area contributed by atoms with Crippen LogP contribution in [0.15, 0.2) is 10.7 Å². The molecule has 1 unspecified atom stereocenters. The predicted molar refractivity (Wildman–Crippen MR) is 66.7 cm³/mol. The van der Waals surface area contributed by atoms with Crippen LogP contribution in [0.25, 0.3) is 0 Å². The third-order valence-corrected chi connectivity index (χ3v) is 3.57. The number of nitrogens with zero attached hydrogens (tertiary/aromatic N) is 4. The number of aryl methyl sites for hydroxylation is 1. The van der Waals surface area contributed by atoms with Gasteiger partial charge in [0.05, 0.1) is 5.92 Å². The molecule has 2 aromatic heterocycles. The van der Waals surface area contributed by atoms with E-state index in [4.69, 9.17) is 4.52 Å². The van der Waals surface area contributed by atoms with Crippen molar-refractivity contribution in [3.05, 3.63) is 29.4 Å². The molecular weight excluding hydrogens is 285 g/mol. The number of hydrogen-bond donors (Lipinski definition) is 0. The molecule has 0 saturated carbocycles. The van der Waals surface area contributed by atoms with Crippen LogP contribution < -0.4 is 0 Å². The standard InChI is InChI=1S/C13H15F3N4O/c1-7(2)10-18-12(21-19-10)8-4-3-5-20-6-9(13(14,15)16)17-11(8)20/h6-8H,3-5H2,1-2H3. The molecule has 8 heteroatoms. The first-order chi connectivity index (χ1) is 9.86. The number of hydrogen-bond acceptors (Lipinski definition) is 4. The minimum Gasteiger partial charge on any atom is -0.339 e. The van der Waals surface area contributed by atoms with Gasteiger partial charge in [0, 0.05) is 18.7 Å². The van der Waals surface area contributed by atoms with E-state index in [1.165, 1.54) is 4.57 Å². The zero-order valence-electron chi connectivity index (χ0n) is 11.7. The summed E-state index contributed by atoms with van der Waals surface area (Å²) in [4.78, 5) is 8.04. The van der Waals surface area contributed by atoms with E-state index in [9.17, 15) is 13.2 Å². The lowest BCUT2D eigenvalue weighted by atomic mass is 9.99. The third-order valence-electron chi connectivity index (χ3n) is 3.57. The average molecular weight is 300 g/mol. The summed E-state index contributed by atoms with van der Waals surface area (Å²) in [5.74, 6) is 1.00. The number of imidazole rings is 1. The van der Waals surface area contributed by atoms with Gasteiger partial charge in [0.2, 0.25) is 5.89 Å². The van der Waals surface area contributed by atoms with Gasteiger partial charge in [0.25, 0.3) is 0 Å². The van der Waals surface area contributed by atoms with E-state index in [0.717, 1.165) is 12.6 Å². The van der Waals surface area contributed by atoms with Gasteiger partial charge >= 0.3 is 6.18 Å². The molecule has 0 aromatic carbocycles. The molecule has 1 atom stereocenters. The molecule has 3 heterocycles. The topological polar surface area (TPSA) is 56.7 Å². The predicted octanol–water partition coefficient (Wildman–Crippen LogP) is 3.33. The molecule has 0 spiro atoms. The van der Waals surface area contributed by atoms with Gasteiger partial charge in [-0.2, -0.15) is 18.2 Å². The molecule has 21 heavy (non-hydrogen) atoms. The van der Waals surface area contributed by atoms with Gasteiger partial charge in [-0.25, -0.2) is 4.98 Å². The fraction of sp³-hybridized carbons (Fsp3) is 0.615. The molecule has 2 aromatic rings. The van der Waals surface area contributed by atoms with Crippen molar-refractivity contribution in [2.45, 2.75) is 51.2 Å². The highest BCUT2D eigenvalue weighted by atomic mass is 19.4. The Morgan fingerprint density at radius 2 is 2.10 bits per heavy atom. The second kappa shape index (κ2) is 4.85. The molecule has 3 rings (SSSR count). The van der Waals surface area contributed by atoms with E-state index in [1.54, 1.807) is 0 Å². The smallest absolute Gasteiger partial charge is 0.339 e. The van der Waals surface area contributed by atoms with Crippen LogP contribution in [0, 0.1) is 0 Å². The largest absolute Gasteiger partial charge is 0.434 e. The Labute approximate surface area is 119 Å². The van der Waals surface area contributed by atoms with Crippen LogP contribution in [0.2, 0.25) is 0 Å². The lowest BCUT2D eigenvalue weighted by Crippen LogP contribution is -2.17. The molecule has 0 bridgehead atoms. The zero-order valence-corrected chi connectivity index (χ0v) is 11.7. The summed E-state index contributed by atoms with van der Waals surface area (Å²) in [6, 6.07) is 0. The van der Waals surface area contributed by atoms with Crippen molar-refractivity contribution in [1.29, 1.82) is 0 Å². The van der Waals surface area contributed by atoms with Crippen molar-refractivity contribution >= 4 is 0 Å². The number of fused-ring (bicyclic) bond motifs is 1. The highest BCUT2D eigenvalue weighted by Gasteiger charge is 2.38.